The van der Waals surface area contributed by atoms with E-state index in [0.29, 0.717) is 22.3 Å². The normalized spacial score (nSPS) is 16.5. The van der Waals surface area contributed by atoms with E-state index in [2.05, 4.69) is 28.2 Å². The molecular weight excluding hydrogens is 338 g/mol. The van der Waals surface area contributed by atoms with Crippen molar-refractivity contribution in [1.29, 1.82) is 0 Å². The van der Waals surface area contributed by atoms with E-state index in [1.807, 2.05) is 4.90 Å². The van der Waals surface area contributed by atoms with Crippen LogP contribution in [0, 0.1) is 0 Å². The summed E-state index contributed by atoms with van der Waals surface area (Å²) < 4.78 is 0.717. The van der Waals surface area contributed by atoms with Gasteiger partial charge in [-0.2, -0.15) is 0 Å². The number of unbranched alkanes of at least 4 members (excludes halogenated alkanes) is 1. The van der Waals surface area contributed by atoms with E-state index in [9.17, 15) is 14.7 Å². The van der Waals surface area contributed by atoms with Gasteiger partial charge in [0.25, 0.3) is 5.91 Å². The van der Waals surface area contributed by atoms with Crippen LogP contribution in [0.3, 0.4) is 0 Å². The zero-order valence-corrected chi connectivity index (χ0v) is 13.3. The van der Waals surface area contributed by atoms with Crippen molar-refractivity contribution in [3.63, 3.8) is 0 Å². The largest absolute Gasteiger partial charge is 0.378 e. The molecule has 1 heterocycles. The minimum atomic E-state index is -1.15. The minimum Gasteiger partial charge on any atom is -0.378 e. The van der Waals surface area contributed by atoms with E-state index >= 15 is 0 Å². The number of carbonyl (C=O) groups is 2. The lowest BCUT2D eigenvalue weighted by atomic mass is 10.1. The van der Waals surface area contributed by atoms with Crippen LogP contribution in [0.2, 0.25) is 0 Å². The number of rotatable bonds is 6. The molecule has 0 saturated carbocycles. The fraction of sp³-hybridized carbons (Fsp3) is 0.429. The second-order valence-corrected chi connectivity index (χ2v) is 5.88. The van der Waals surface area contributed by atoms with E-state index in [4.69, 9.17) is 5.73 Å². The quantitative estimate of drug-likeness (QED) is 0.720. The second-order valence-electron chi connectivity index (χ2n) is 5.02. The maximum atomic E-state index is 11.5. The monoisotopic (exact) mass is 355 g/mol. The average molecular weight is 356 g/mol. The third-order valence-electron chi connectivity index (χ3n) is 3.39. The van der Waals surface area contributed by atoms with Gasteiger partial charge in [-0.3, -0.25) is 9.59 Å². The summed E-state index contributed by atoms with van der Waals surface area (Å²) in [6, 6.07) is 3.46. The molecule has 0 saturated heterocycles. The van der Waals surface area contributed by atoms with Crippen LogP contribution >= 0.6 is 15.9 Å². The van der Waals surface area contributed by atoms with Crippen molar-refractivity contribution < 1.29 is 14.7 Å². The van der Waals surface area contributed by atoms with Crippen molar-refractivity contribution in [3.8, 4) is 0 Å². The van der Waals surface area contributed by atoms with Crippen LogP contribution in [0.1, 0.15) is 31.4 Å². The van der Waals surface area contributed by atoms with Gasteiger partial charge in [-0.25, -0.2) is 0 Å². The van der Waals surface area contributed by atoms with E-state index in [-0.39, 0.29) is 6.54 Å². The summed E-state index contributed by atoms with van der Waals surface area (Å²) in [6.07, 6.45) is 0.768. The molecule has 7 heteroatoms. The topological polar surface area (TPSA) is 95.7 Å². The van der Waals surface area contributed by atoms with Crippen LogP contribution in [0.25, 0.3) is 0 Å². The van der Waals surface area contributed by atoms with Gasteiger partial charge in [0.05, 0.1) is 12.2 Å². The SMILES string of the molecule is CCCCN(CC(N)=O)c1cc2c(cc1Br)C(O)C(=O)N2. The fourth-order valence-electron chi connectivity index (χ4n) is 2.32. The summed E-state index contributed by atoms with van der Waals surface area (Å²) in [5.41, 5.74) is 7.18. The average Bonchev–Trinajstić information content (AvgIpc) is 2.69. The van der Waals surface area contributed by atoms with Crippen LogP contribution in [-0.2, 0) is 9.59 Å². The number of primary amides is 1. The van der Waals surface area contributed by atoms with Gasteiger partial charge in [0, 0.05) is 22.3 Å². The molecule has 0 spiro atoms. The Hall–Kier alpha value is -1.60. The standard InChI is InChI=1S/C14H18BrN3O3/c1-2-3-4-18(7-12(16)19)11-6-10-8(5-9(11)15)13(20)14(21)17-10/h5-6,13,20H,2-4,7H2,1H3,(H2,16,19)(H,17,21). The zero-order valence-electron chi connectivity index (χ0n) is 11.7. The van der Waals surface area contributed by atoms with Crippen molar-refractivity contribution in [3.05, 3.63) is 22.2 Å². The molecule has 1 aliphatic heterocycles. The first-order valence-corrected chi connectivity index (χ1v) is 7.59. The van der Waals surface area contributed by atoms with Gasteiger partial charge in [0.2, 0.25) is 5.91 Å². The molecule has 0 fully saturated rings. The zero-order chi connectivity index (χ0) is 15.6. The molecule has 114 valence electrons. The number of benzene rings is 1. The van der Waals surface area contributed by atoms with Gasteiger partial charge in [-0.05, 0) is 34.5 Å². The highest BCUT2D eigenvalue weighted by Crippen LogP contribution is 2.39. The predicted octanol–water partition coefficient (Wildman–Crippen LogP) is 1.53. The summed E-state index contributed by atoms with van der Waals surface area (Å²) >= 11 is 3.44. The number of fused-ring (bicyclic) bond motifs is 1. The summed E-state index contributed by atoms with van der Waals surface area (Å²) in [6.45, 7) is 2.86. The third-order valence-corrected chi connectivity index (χ3v) is 4.02. The lowest BCUT2D eigenvalue weighted by Gasteiger charge is -2.25. The minimum absolute atomic E-state index is 0.105. The number of nitrogens with zero attached hydrogens (tertiary/aromatic N) is 1. The molecule has 21 heavy (non-hydrogen) atoms. The van der Waals surface area contributed by atoms with Crippen molar-refractivity contribution in [2.45, 2.75) is 25.9 Å². The molecule has 4 N–H and O–H groups in total. The second kappa shape index (κ2) is 6.44. The van der Waals surface area contributed by atoms with Gasteiger partial charge in [0.1, 0.15) is 0 Å². The van der Waals surface area contributed by atoms with Crippen molar-refractivity contribution >= 4 is 39.1 Å². The molecule has 6 nitrogen and oxygen atoms in total. The van der Waals surface area contributed by atoms with Crippen LogP contribution in [-0.4, -0.2) is 30.0 Å². The van der Waals surface area contributed by atoms with Gasteiger partial charge >= 0.3 is 0 Å². The molecule has 0 bridgehead atoms. The number of amides is 2. The van der Waals surface area contributed by atoms with E-state index in [1.165, 1.54) is 0 Å². The Labute approximate surface area is 131 Å². The maximum absolute atomic E-state index is 11.5. The Balaban J connectivity index is 2.35. The molecule has 0 aromatic heterocycles. The number of anilines is 2. The first-order chi connectivity index (χ1) is 9.93. The van der Waals surface area contributed by atoms with Gasteiger partial charge in [0.15, 0.2) is 6.10 Å². The van der Waals surface area contributed by atoms with Crippen molar-refractivity contribution in [1.82, 2.24) is 0 Å². The summed E-state index contributed by atoms with van der Waals surface area (Å²) in [7, 11) is 0. The number of aliphatic hydroxyl groups excluding tert-OH is 1. The van der Waals surface area contributed by atoms with Crippen LogP contribution < -0.4 is 16.0 Å². The lowest BCUT2D eigenvalue weighted by molar-refractivity contribution is -0.123. The third kappa shape index (κ3) is 3.36. The molecule has 1 aromatic carbocycles. The lowest BCUT2D eigenvalue weighted by Crippen LogP contribution is -2.34. The number of halogens is 1. The van der Waals surface area contributed by atoms with Gasteiger partial charge < -0.3 is 21.1 Å². The Morgan fingerprint density at radius 1 is 1.52 bits per heavy atom. The number of nitrogens with two attached hydrogens (primary N) is 1. The number of aliphatic hydroxyl groups is 1. The molecule has 1 aliphatic rings. The van der Waals surface area contributed by atoms with Crippen molar-refractivity contribution in [2.75, 3.05) is 23.3 Å². The Kier molecular flexibility index (Phi) is 4.84. The maximum Gasteiger partial charge on any atom is 0.257 e. The Bertz CT molecular complexity index is 577. The van der Waals surface area contributed by atoms with Crippen LogP contribution in [0.4, 0.5) is 11.4 Å². The molecule has 0 aliphatic carbocycles. The number of nitrogens with one attached hydrogen (secondary N) is 1. The highest BCUT2D eigenvalue weighted by Gasteiger charge is 2.30. The molecule has 1 aromatic rings. The summed E-state index contributed by atoms with van der Waals surface area (Å²) in [5.74, 6) is -0.855. The smallest absolute Gasteiger partial charge is 0.257 e. The number of hydrogen-bond acceptors (Lipinski definition) is 4. The van der Waals surface area contributed by atoms with E-state index < -0.39 is 17.9 Å². The van der Waals surface area contributed by atoms with E-state index in [0.717, 1.165) is 18.5 Å². The van der Waals surface area contributed by atoms with Crippen LogP contribution in [0.5, 0.6) is 0 Å². The Morgan fingerprint density at radius 3 is 2.86 bits per heavy atom. The van der Waals surface area contributed by atoms with E-state index in [1.54, 1.807) is 12.1 Å². The fourth-order valence-corrected chi connectivity index (χ4v) is 2.93. The number of hydrogen-bond donors (Lipinski definition) is 3. The molecular formula is C14H18BrN3O3. The predicted molar refractivity (Wildman–Crippen MR) is 84.0 cm³/mol. The molecule has 2 amide bonds. The highest BCUT2D eigenvalue weighted by molar-refractivity contribution is 9.10. The summed E-state index contributed by atoms with van der Waals surface area (Å²) in [5, 5.41) is 12.4. The van der Waals surface area contributed by atoms with Crippen molar-refractivity contribution in [2.24, 2.45) is 5.73 Å². The first kappa shape index (κ1) is 15.8. The highest BCUT2D eigenvalue weighted by atomic mass is 79.9. The van der Waals surface area contributed by atoms with Gasteiger partial charge in [-0.15, -0.1) is 0 Å². The Morgan fingerprint density at radius 2 is 2.24 bits per heavy atom. The molecule has 1 atom stereocenters. The summed E-state index contributed by atoms with van der Waals surface area (Å²) in [4.78, 5) is 24.6. The number of carbonyl (C=O) groups excluding carboxylic acids is 2. The van der Waals surface area contributed by atoms with Gasteiger partial charge in [-0.1, -0.05) is 13.3 Å². The molecule has 0 radical (unpaired) electrons. The van der Waals surface area contributed by atoms with Crippen LogP contribution in [0.15, 0.2) is 16.6 Å². The first-order valence-electron chi connectivity index (χ1n) is 6.79. The molecule has 2 rings (SSSR count). The molecule has 1 unspecified atom stereocenters.